The first-order valence-corrected chi connectivity index (χ1v) is 4.69. The number of hydrogen-bond donors (Lipinski definition) is 0. The Balaban J connectivity index is 2.64. The van der Waals surface area contributed by atoms with Crippen molar-refractivity contribution < 1.29 is 0 Å². The van der Waals surface area contributed by atoms with Gasteiger partial charge in [-0.25, -0.2) is 0 Å². The average molecular weight is 208 g/mol. The summed E-state index contributed by atoms with van der Waals surface area (Å²) in [6.07, 6.45) is 1.68. The second-order valence-electron chi connectivity index (χ2n) is 3.32. The van der Waals surface area contributed by atoms with Crippen molar-refractivity contribution in [1.29, 1.82) is 10.5 Å². The standard InChI is InChI=1S/C12H8N4/c1-16-12(4-5-15-16)11-3-2-9(7-13)6-10(11)8-14/h2-6H,1H3. The summed E-state index contributed by atoms with van der Waals surface area (Å²) in [6, 6.07) is 11.0. The molecule has 1 heterocycles. The van der Waals surface area contributed by atoms with E-state index in [9.17, 15) is 0 Å². The number of aryl methyl sites for hydroxylation is 1. The van der Waals surface area contributed by atoms with Crippen molar-refractivity contribution in [3.63, 3.8) is 0 Å². The summed E-state index contributed by atoms with van der Waals surface area (Å²) in [5, 5.41) is 21.8. The van der Waals surface area contributed by atoms with E-state index in [1.165, 1.54) is 0 Å². The molecule has 4 heteroatoms. The Hall–Kier alpha value is -2.59. The molecule has 0 saturated carbocycles. The molecule has 0 atom stereocenters. The van der Waals surface area contributed by atoms with Crippen LogP contribution in [-0.4, -0.2) is 9.78 Å². The summed E-state index contributed by atoms with van der Waals surface area (Å²) in [6.45, 7) is 0. The van der Waals surface area contributed by atoms with Crippen molar-refractivity contribution in [3.8, 4) is 23.4 Å². The number of benzene rings is 1. The highest BCUT2D eigenvalue weighted by Gasteiger charge is 2.08. The van der Waals surface area contributed by atoms with E-state index in [4.69, 9.17) is 10.5 Å². The molecule has 0 unspecified atom stereocenters. The molecule has 0 radical (unpaired) electrons. The highest BCUT2D eigenvalue weighted by Crippen LogP contribution is 2.23. The molecule has 0 aliphatic heterocycles. The quantitative estimate of drug-likeness (QED) is 0.718. The van der Waals surface area contributed by atoms with Gasteiger partial charge in [0.05, 0.1) is 29.0 Å². The van der Waals surface area contributed by atoms with Crippen LogP contribution in [0.3, 0.4) is 0 Å². The summed E-state index contributed by atoms with van der Waals surface area (Å²) in [5.41, 5.74) is 2.63. The zero-order valence-corrected chi connectivity index (χ0v) is 8.68. The molecule has 0 bridgehead atoms. The molecule has 2 aromatic rings. The smallest absolute Gasteiger partial charge is 0.0999 e. The maximum atomic E-state index is 9.04. The van der Waals surface area contributed by atoms with E-state index >= 15 is 0 Å². The molecule has 0 aliphatic rings. The molecule has 0 saturated heterocycles. The Bertz CT molecular complexity index is 611. The average Bonchev–Trinajstić information content (AvgIpc) is 2.74. The fraction of sp³-hybridized carbons (Fsp3) is 0.0833. The van der Waals surface area contributed by atoms with Gasteiger partial charge in [0, 0.05) is 18.8 Å². The molecule has 1 aromatic heterocycles. The molecular formula is C12H8N4. The molecule has 16 heavy (non-hydrogen) atoms. The van der Waals surface area contributed by atoms with Gasteiger partial charge in [-0.3, -0.25) is 4.68 Å². The topological polar surface area (TPSA) is 65.4 Å². The van der Waals surface area contributed by atoms with Gasteiger partial charge in [-0.05, 0) is 18.2 Å². The fourth-order valence-electron chi connectivity index (χ4n) is 1.57. The minimum atomic E-state index is 0.488. The van der Waals surface area contributed by atoms with Gasteiger partial charge in [0.2, 0.25) is 0 Å². The zero-order chi connectivity index (χ0) is 11.5. The second-order valence-corrected chi connectivity index (χ2v) is 3.32. The number of hydrogen-bond acceptors (Lipinski definition) is 3. The van der Waals surface area contributed by atoms with Crippen molar-refractivity contribution in [1.82, 2.24) is 9.78 Å². The Morgan fingerprint density at radius 3 is 2.56 bits per heavy atom. The highest BCUT2D eigenvalue weighted by atomic mass is 15.3. The van der Waals surface area contributed by atoms with Crippen LogP contribution in [0.2, 0.25) is 0 Å². The van der Waals surface area contributed by atoms with Crippen LogP contribution >= 0.6 is 0 Å². The van der Waals surface area contributed by atoms with E-state index in [1.54, 1.807) is 29.1 Å². The van der Waals surface area contributed by atoms with Crippen molar-refractivity contribution in [2.24, 2.45) is 7.05 Å². The molecule has 2 rings (SSSR count). The Morgan fingerprint density at radius 1 is 1.19 bits per heavy atom. The van der Waals surface area contributed by atoms with E-state index in [1.807, 2.05) is 19.2 Å². The number of nitriles is 2. The number of aromatic nitrogens is 2. The van der Waals surface area contributed by atoms with E-state index in [-0.39, 0.29) is 0 Å². The Morgan fingerprint density at radius 2 is 2.00 bits per heavy atom. The molecule has 76 valence electrons. The molecule has 0 fully saturated rings. The molecule has 0 amide bonds. The van der Waals surface area contributed by atoms with Gasteiger partial charge < -0.3 is 0 Å². The first-order chi connectivity index (χ1) is 7.76. The SMILES string of the molecule is Cn1nccc1-c1ccc(C#N)cc1C#N. The van der Waals surface area contributed by atoms with Crippen LogP contribution in [0, 0.1) is 22.7 Å². The minimum absolute atomic E-state index is 0.488. The first kappa shape index (κ1) is 9.95. The fourth-order valence-corrected chi connectivity index (χ4v) is 1.57. The van der Waals surface area contributed by atoms with Gasteiger partial charge in [0.15, 0.2) is 0 Å². The lowest BCUT2D eigenvalue weighted by Gasteiger charge is -2.04. The third kappa shape index (κ3) is 1.53. The normalized spacial score (nSPS) is 9.44. The minimum Gasteiger partial charge on any atom is -0.268 e. The molecule has 1 aromatic carbocycles. The summed E-state index contributed by atoms with van der Waals surface area (Å²) in [4.78, 5) is 0. The van der Waals surface area contributed by atoms with Crippen molar-refractivity contribution in [2.75, 3.05) is 0 Å². The third-order valence-electron chi connectivity index (χ3n) is 2.37. The van der Waals surface area contributed by atoms with Gasteiger partial charge in [-0.1, -0.05) is 6.07 Å². The van der Waals surface area contributed by atoms with Crippen LogP contribution in [0.5, 0.6) is 0 Å². The van der Waals surface area contributed by atoms with Crippen LogP contribution in [0.25, 0.3) is 11.3 Å². The van der Waals surface area contributed by atoms with Crippen LogP contribution in [0.15, 0.2) is 30.5 Å². The third-order valence-corrected chi connectivity index (χ3v) is 2.37. The predicted molar refractivity (Wildman–Crippen MR) is 58.1 cm³/mol. The number of rotatable bonds is 1. The molecule has 0 spiro atoms. The first-order valence-electron chi connectivity index (χ1n) is 4.69. The molecular weight excluding hydrogens is 200 g/mol. The Labute approximate surface area is 93.0 Å². The van der Waals surface area contributed by atoms with Gasteiger partial charge in [0.1, 0.15) is 0 Å². The number of nitrogens with zero attached hydrogens (tertiary/aromatic N) is 4. The molecule has 0 aliphatic carbocycles. The van der Waals surface area contributed by atoms with Crippen LogP contribution in [0.4, 0.5) is 0 Å². The molecule has 4 nitrogen and oxygen atoms in total. The van der Waals surface area contributed by atoms with E-state index in [2.05, 4.69) is 11.2 Å². The highest BCUT2D eigenvalue weighted by molar-refractivity contribution is 5.68. The van der Waals surface area contributed by atoms with E-state index in [0.29, 0.717) is 11.1 Å². The maximum Gasteiger partial charge on any atom is 0.0999 e. The summed E-state index contributed by atoms with van der Waals surface area (Å²) < 4.78 is 1.70. The Kier molecular flexibility index (Phi) is 2.41. The zero-order valence-electron chi connectivity index (χ0n) is 8.68. The van der Waals surface area contributed by atoms with Gasteiger partial charge in [0.25, 0.3) is 0 Å². The maximum absolute atomic E-state index is 9.04. The van der Waals surface area contributed by atoms with Crippen LogP contribution in [0.1, 0.15) is 11.1 Å². The summed E-state index contributed by atoms with van der Waals surface area (Å²) >= 11 is 0. The van der Waals surface area contributed by atoms with Crippen molar-refractivity contribution in [3.05, 3.63) is 41.6 Å². The molecule has 0 N–H and O–H groups in total. The van der Waals surface area contributed by atoms with Gasteiger partial charge >= 0.3 is 0 Å². The van der Waals surface area contributed by atoms with Crippen LogP contribution in [-0.2, 0) is 7.05 Å². The predicted octanol–water partition coefficient (Wildman–Crippen LogP) is 1.83. The van der Waals surface area contributed by atoms with Crippen LogP contribution < -0.4 is 0 Å². The summed E-state index contributed by atoms with van der Waals surface area (Å²) in [5.74, 6) is 0. The van der Waals surface area contributed by atoms with E-state index < -0.39 is 0 Å². The second kappa shape index (κ2) is 3.88. The lowest BCUT2D eigenvalue weighted by Crippen LogP contribution is -1.95. The van der Waals surface area contributed by atoms with Gasteiger partial charge in [-0.15, -0.1) is 0 Å². The lowest BCUT2D eigenvalue weighted by atomic mass is 10.0. The van der Waals surface area contributed by atoms with Crippen molar-refractivity contribution in [2.45, 2.75) is 0 Å². The lowest BCUT2D eigenvalue weighted by molar-refractivity contribution is 0.775. The largest absolute Gasteiger partial charge is 0.268 e. The summed E-state index contributed by atoms with van der Waals surface area (Å²) in [7, 11) is 1.81. The van der Waals surface area contributed by atoms with Crippen molar-refractivity contribution >= 4 is 0 Å². The van der Waals surface area contributed by atoms with Gasteiger partial charge in [-0.2, -0.15) is 15.6 Å². The van der Waals surface area contributed by atoms with E-state index in [0.717, 1.165) is 11.3 Å². The monoisotopic (exact) mass is 208 g/mol.